The van der Waals surface area contributed by atoms with Gasteiger partial charge in [0, 0.05) is 0 Å². The van der Waals surface area contributed by atoms with Crippen molar-refractivity contribution in [1.82, 2.24) is 5.32 Å². The average molecular weight is 308 g/mol. The van der Waals surface area contributed by atoms with E-state index in [1.807, 2.05) is 51.2 Å². The number of hydrogen-bond donors (Lipinski definition) is 1. The van der Waals surface area contributed by atoms with E-state index in [1.54, 1.807) is 6.07 Å². The third kappa shape index (κ3) is 3.74. The normalized spacial score (nSPS) is 12.5. The lowest BCUT2D eigenvalue weighted by Gasteiger charge is -2.19. The molecule has 0 amide bonds. The lowest BCUT2D eigenvalue weighted by atomic mass is 9.98. The lowest BCUT2D eigenvalue weighted by Crippen LogP contribution is -2.18. The zero-order chi connectivity index (χ0) is 15.4. The Morgan fingerprint density at radius 3 is 2.33 bits per heavy atom. The summed E-state index contributed by atoms with van der Waals surface area (Å²) in [5, 5.41) is 3.32. The summed E-state index contributed by atoms with van der Waals surface area (Å²) in [5.41, 5.74) is 1.72. The van der Waals surface area contributed by atoms with Crippen LogP contribution in [0.4, 0.5) is 4.39 Å². The van der Waals surface area contributed by atoms with Gasteiger partial charge < -0.3 is 10.1 Å². The fraction of sp³-hybridized carbons (Fsp3) is 0.294. The fourth-order valence-electron chi connectivity index (χ4n) is 2.26. The van der Waals surface area contributed by atoms with Crippen LogP contribution < -0.4 is 10.1 Å². The molecule has 0 saturated carbocycles. The molecule has 1 unspecified atom stereocenters. The van der Waals surface area contributed by atoms with Gasteiger partial charge in [-0.05, 0) is 50.2 Å². The summed E-state index contributed by atoms with van der Waals surface area (Å²) in [6.45, 7) is 3.97. The Kier molecular flexibility index (Phi) is 5.21. The topological polar surface area (TPSA) is 21.3 Å². The molecule has 4 heteroatoms. The van der Waals surface area contributed by atoms with Gasteiger partial charge in [-0.25, -0.2) is 4.39 Å². The quantitative estimate of drug-likeness (QED) is 0.873. The van der Waals surface area contributed by atoms with Crippen LogP contribution in [0, 0.1) is 5.82 Å². The maximum atomic E-state index is 13.6. The molecular weight excluding hydrogens is 289 g/mol. The molecule has 2 rings (SSSR count). The standard InChI is InChI=1S/C17H19ClFNO/c1-11(2)21-13-9-7-12(8-10-13)17(20-3)14-5-4-6-15(19)16(14)18/h4-11,17,20H,1-3H3. The van der Waals surface area contributed by atoms with E-state index in [1.165, 1.54) is 6.07 Å². The highest BCUT2D eigenvalue weighted by molar-refractivity contribution is 6.31. The largest absolute Gasteiger partial charge is 0.491 e. The number of rotatable bonds is 5. The molecule has 0 heterocycles. The molecule has 0 aliphatic rings. The highest BCUT2D eigenvalue weighted by Gasteiger charge is 2.17. The zero-order valence-corrected chi connectivity index (χ0v) is 13.1. The van der Waals surface area contributed by atoms with Crippen molar-refractivity contribution in [1.29, 1.82) is 0 Å². The molecule has 0 saturated heterocycles. The summed E-state index contributed by atoms with van der Waals surface area (Å²) in [4.78, 5) is 0. The van der Waals surface area contributed by atoms with Crippen molar-refractivity contribution in [2.24, 2.45) is 0 Å². The molecule has 0 spiro atoms. The van der Waals surface area contributed by atoms with E-state index < -0.39 is 5.82 Å². The van der Waals surface area contributed by atoms with Crippen molar-refractivity contribution in [2.45, 2.75) is 26.0 Å². The van der Waals surface area contributed by atoms with E-state index in [0.29, 0.717) is 0 Å². The molecule has 2 aromatic rings. The summed E-state index contributed by atoms with van der Waals surface area (Å²) < 4.78 is 19.2. The Balaban J connectivity index is 2.31. The van der Waals surface area contributed by atoms with Gasteiger partial charge in [0.2, 0.25) is 0 Å². The van der Waals surface area contributed by atoms with Crippen molar-refractivity contribution >= 4 is 11.6 Å². The molecule has 1 N–H and O–H groups in total. The Labute approximate surface area is 129 Å². The first-order valence-electron chi connectivity index (χ1n) is 6.90. The smallest absolute Gasteiger partial charge is 0.142 e. The van der Waals surface area contributed by atoms with Crippen molar-refractivity contribution in [2.75, 3.05) is 7.05 Å². The Bertz CT molecular complexity index is 598. The van der Waals surface area contributed by atoms with E-state index in [9.17, 15) is 4.39 Å². The second kappa shape index (κ2) is 6.92. The predicted octanol–water partition coefficient (Wildman–Crippen LogP) is 4.58. The lowest BCUT2D eigenvalue weighted by molar-refractivity contribution is 0.242. The molecular formula is C17H19ClFNO. The first kappa shape index (κ1) is 15.8. The second-order valence-corrected chi connectivity index (χ2v) is 5.48. The minimum Gasteiger partial charge on any atom is -0.491 e. The number of hydrogen-bond acceptors (Lipinski definition) is 2. The van der Waals surface area contributed by atoms with Crippen LogP contribution in [-0.4, -0.2) is 13.2 Å². The minimum absolute atomic E-state index is 0.133. The van der Waals surface area contributed by atoms with Crippen LogP contribution in [0.5, 0.6) is 5.75 Å². The molecule has 0 aliphatic carbocycles. The van der Waals surface area contributed by atoms with Gasteiger partial charge in [0.1, 0.15) is 11.6 Å². The fourth-order valence-corrected chi connectivity index (χ4v) is 2.49. The van der Waals surface area contributed by atoms with Gasteiger partial charge in [-0.1, -0.05) is 35.9 Å². The molecule has 0 fully saturated rings. The summed E-state index contributed by atoms with van der Waals surface area (Å²) >= 11 is 6.08. The van der Waals surface area contributed by atoms with Crippen molar-refractivity contribution in [3.05, 3.63) is 64.4 Å². The molecule has 0 aromatic heterocycles. The third-order valence-electron chi connectivity index (χ3n) is 3.17. The van der Waals surface area contributed by atoms with Gasteiger partial charge >= 0.3 is 0 Å². The SMILES string of the molecule is CNC(c1ccc(OC(C)C)cc1)c1cccc(F)c1Cl. The highest BCUT2D eigenvalue weighted by Crippen LogP contribution is 2.30. The molecule has 0 radical (unpaired) electrons. The maximum absolute atomic E-state index is 13.6. The molecule has 1 atom stereocenters. The van der Waals surface area contributed by atoms with E-state index in [2.05, 4.69) is 5.32 Å². The van der Waals surface area contributed by atoms with E-state index in [0.717, 1.165) is 16.9 Å². The average Bonchev–Trinajstić information content (AvgIpc) is 2.45. The first-order valence-corrected chi connectivity index (χ1v) is 7.28. The van der Waals surface area contributed by atoms with Crippen LogP contribution in [0.2, 0.25) is 5.02 Å². The number of ether oxygens (including phenoxy) is 1. The predicted molar refractivity (Wildman–Crippen MR) is 84.5 cm³/mol. The van der Waals surface area contributed by atoms with E-state index in [4.69, 9.17) is 16.3 Å². The Morgan fingerprint density at radius 1 is 1.10 bits per heavy atom. The van der Waals surface area contributed by atoms with Gasteiger partial charge in [-0.15, -0.1) is 0 Å². The third-order valence-corrected chi connectivity index (χ3v) is 3.57. The first-order chi connectivity index (χ1) is 10.0. The molecule has 0 bridgehead atoms. The van der Waals surface area contributed by atoms with Crippen LogP contribution in [0.25, 0.3) is 0 Å². The monoisotopic (exact) mass is 307 g/mol. The van der Waals surface area contributed by atoms with Crippen LogP contribution in [0.3, 0.4) is 0 Å². The van der Waals surface area contributed by atoms with E-state index in [-0.39, 0.29) is 17.2 Å². The summed E-state index contributed by atoms with van der Waals surface area (Å²) in [5.74, 6) is 0.406. The summed E-state index contributed by atoms with van der Waals surface area (Å²) in [7, 11) is 1.82. The molecule has 112 valence electrons. The van der Waals surface area contributed by atoms with E-state index >= 15 is 0 Å². The maximum Gasteiger partial charge on any atom is 0.142 e. The zero-order valence-electron chi connectivity index (χ0n) is 12.4. The Morgan fingerprint density at radius 2 is 1.76 bits per heavy atom. The molecule has 21 heavy (non-hydrogen) atoms. The van der Waals surface area contributed by atoms with Gasteiger partial charge in [0.25, 0.3) is 0 Å². The minimum atomic E-state index is -0.408. The van der Waals surface area contributed by atoms with Gasteiger partial charge in [0.05, 0.1) is 17.2 Å². The van der Waals surface area contributed by atoms with Crippen LogP contribution >= 0.6 is 11.6 Å². The summed E-state index contributed by atoms with van der Waals surface area (Å²) in [6.07, 6.45) is 0.133. The van der Waals surface area contributed by atoms with Crippen LogP contribution in [0.1, 0.15) is 31.0 Å². The Hall–Kier alpha value is -1.58. The van der Waals surface area contributed by atoms with Crippen molar-refractivity contribution in [3.8, 4) is 5.75 Å². The second-order valence-electron chi connectivity index (χ2n) is 5.10. The van der Waals surface area contributed by atoms with Crippen molar-refractivity contribution < 1.29 is 9.13 Å². The van der Waals surface area contributed by atoms with Gasteiger partial charge in [0.15, 0.2) is 0 Å². The molecule has 0 aliphatic heterocycles. The number of nitrogens with one attached hydrogen (secondary N) is 1. The highest BCUT2D eigenvalue weighted by atomic mass is 35.5. The van der Waals surface area contributed by atoms with Crippen LogP contribution in [0.15, 0.2) is 42.5 Å². The summed E-state index contributed by atoms with van der Waals surface area (Å²) in [6, 6.07) is 12.4. The molecule has 2 aromatic carbocycles. The van der Waals surface area contributed by atoms with Gasteiger partial charge in [-0.3, -0.25) is 0 Å². The number of benzene rings is 2. The van der Waals surface area contributed by atoms with Crippen LogP contribution in [-0.2, 0) is 0 Å². The van der Waals surface area contributed by atoms with Crippen molar-refractivity contribution in [3.63, 3.8) is 0 Å². The molecule has 2 nitrogen and oxygen atoms in total. The van der Waals surface area contributed by atoms with Gasteiger partial charge in [-0.2, -0.15) is 0 Å². The number of halogens is 2.